The van der Waals surface area contributed by atoms with Crippen LogP contribution in [0.1, 0.15) is 17.5 Å². The highest BCUT2D eigenvalue weighted by atomic mass is 32.2. The molecular formula is C14H21FN2O2S. The molecule has 1 heterocycles. The fraction of sp³-hybridized carbons (Fsp3) is 0.571. The quantitative estimate of drug-likeness (QED) is 0.851. The topological polar surface area (TPSA) is 40.6 Å². The molecule has 1 aromatic rings. The molecule has 1 aromatic carbocycles. The summed E-state index contributed by atoms with van der Waals surface area (Å²) >= 11 is 0. The minimum atomic E-state index is -3.31. The first-order chi connectivity index (χ1) is 9.30. The van der Waals surface area contributed by atoms with E-state index in [0.717, 1.165) is 18.4 Å². The molecular weight excluding hydrogens is 279 g/mol. The largest absolute Gasteiger partial charge is 0.281 e. The van der Waals surface area contributed by atoms with Crippen molar-refractivity contribution in [1.29, 1.82) is 0 Å². The zero-order valence-corrected chi connectivity index (χ0v) is 13.0. The molecule has 2 rings (SSSR count). The van der Waals surface area contributed by atoms with Crippen molar-refractivity contribution < 1.29 is 12.8 Å². The average Bonchev–Trinajstić information content (AvgIpc) is 2.83. The number of nitrogens with zero attached hydrogens (tertiary/aromatic N) is 2. The van der Waals surface area contributed by atoms with Gasteiger partial charge in [-0.05, 0) is 42.9 Å². The minimum Gasteiger partial charge on any atom is -0.207 e. The molecule has 0 spiro atoms. The Morgan fingerprint density at radius 2 is 2.10 bits per heavy atom. The van der Waals surface area contributed by atoms with Gasteiger partial charge in [-0.2, -0.15) is 17.0 Å². The molecule has 0 aliphatic carbocycles. The summed E-state index contributed by atoms with van der Waals surface area (Å²) in [5.74, 6) is 0.103. The van der Waals surface area contributed by atoms with Crippen molar-refractivity contribution in [1.82, 2.24) is 8.61 Å². The molecule has 1 aliphatic rings. The van der Waals surface area contributed by atoms with Gasteiger partial charge >= 0.3 is 0 Å². The lowest BCUT2D eigenvalue weighted by Crippen LogP contribution is -2.38. The SMILES string of the molecule is Cc1cc(CC2CCN(S(=O)(=O)N(C)C)C2)ccc1F. The standard InChI is InChI=1S/C14H21FN2O2S/c1-11-8-12(4-5-14(11)15)9-13-6-7-17(10-13)20(18,19)16(2)3/h4-5,8,13H,6-7,9-10H2,1-3H3. The number of aryl methyl sites for hydroxylation is 1. The van der Waals surface area contributed by atoms with Gasteiger partial charge in [-0.25, -0.2) is 4.39 Å². The lowest BCUT2D eigenvalue weighted by Gasteiger charge is -2.20. The molecule has 0 bridgehead atoms. The van der Waals surface area contributed by atoms with Crippen LogP contribution in [0.2, 0.25) is 0 Å². The Morgan fingerprint density at radius 3 is 2.70 bits per heavy atom. The molecule has 1 unspecified atom stereocenters. The highest BCUT2D eigenvalue weighted by Crippen LogP contribution is 2.24. The molecule has 1 saturated heterocycles. The summed E-state index contributed by atoms with van der Waals surface area (Å²) in [6, 6.07) is 5.11. The van der Waals surface area contributed by atoms with Gasteiger partial charge in [0, 0.05) is 27.2 Å². The van der Waals surface area contributed by atoms with E-state index in [1.165, 1.54) is 14.7 Å². The molecule has 1 aliphatic heterocycles. The average molecular weight is 300 g/mol. The van der Waals surface area contributed by atoms with Gasteiger partial charge in [-0.15, -0.1) is 0 Å². The molecule has 0 N–H and O–H groups in total. The minimum absolute atomic E-state index is 0.197. The monoisotopic (exact) mass is 300 g/mol. The maximum absolute atomic E-state index is 13.2. The van der Waals surface area contributed by atoms with Crippen LogP contribution in [-0.4, -0.2) is 44.2 Å². The smallest absolute Gasteiger partial charge is 0.207 e. The fourth-order valence-corrected chi connectivity index (χ4v) is 3.77. The van der Waals surface area contributed by atoms with Gasteiger partial charge in [-0.3, -0.25) is 0 Å². The van der Waals surface area contributed by atoms with E-state index in [-0.39, 0.29) is 5.82 Å². The first-order valence-electron chi connectivity index (χ1n) is 6.73. The number of rotatable bonds is 4. The van der Waals surface area contributed by atoms with Gasteiger partial charge in [-0.1, -0.05) is 12.1 Å². The van der Waals surface area contributed by atoms with Gasteiger partial charge in [0.15, 0.2) is 0 Å². The third-order valence-electron chi connectivity index (χ3n) is 3.78. The zero-order chi connectivity index (χ0) is 14.9. The van der Waals surface area contributed by atoms with E-state index in [4.69, 9.17) is 0 Å². The second kappa shape index (κ2) is 5.79. The van der Waals surface area contributed by atoms with E-state index in [1.807, 2.05) is 6.07 Å². The lowest BCUT2D eigenvalue weighted by atomic mass is 9.97. The molecule has 4 nitrogen and oxygen atoms in total. The van der Waals surface area contributed by atoms with Crippen LogP contribution in [0.5, 0.6) is 0 Å². The molecule has 0 amide bonds. The Bertz CT molecular complexity index is 587. The summed E-state index contributed by atoms with van der Waals surface area (Å²) in [6.07, 6.45) is 1.64. The van der Waals surface area contributed by atoms with Crippen LogP contribution < -0.4 is 0 Å². The van der Waals surface area contributed by atoms with Crippen LogP contribution in [0.3, 0.4) is 0 Å². The van der Waals surface area contributed by atoms with E-state index < -0.39 is 10.2 Å². The Morgan fingerprint density at radius 1 is 1.40 bits per heavy atom. The number of halogens is 1. The van der Waals surface area contributed by atoms with Crippen molar-refractivity contribution in [2.45, 2.75) is 19.8 Å². The first kappa shape index (κ1) is 15.4. The third kappa shape index (κ3) is 3.19. The van der Waals surface area contributed by atoms with Gasteiger partial charge in [0.2, 0.25) is 0 Å². The number of hydrogen-bond acceptors (Lipinski definition) is 2. The highest BCUT2D eigenvalue weighted by molar-refractivity contribution is 7.86. The van der Waals surface area contributed by atoms with E-state index >= 15 is 0 Å². The summed E-state index contributed by atoms with van der Waals surface area (Å²) in [4.78, 5) is 0. The number of benzene rings is 1. The zero-order valence-electron chi connectivity index (χ0n) is 12.1. The van der Waals surface area contributed by atoms with Crippen molar-refractivity contribution in [3.8, 4) is 0 Å². The summed E-state index contributed by atoms with van der Waals surface area (Å²) in [7, 11) is -0.215. The van der Waals surface area contributed by atoms with Gasteiger partial charge in [0.05, 0.1) is 0 Å². The van der Waals surface area contributed by atoms with Crippen molar-refractivity contribution in [2.75, 3.05) is 27.2 Å². The molecule has 0 radical (unpaired) electrons. The van der Waals surface area contributed by atoms with Gasteiger partial charge in [0.1, 0.15) is 5.82 Å². The molecule has 6 heteroatoms. The Kier molecular flexibility index (Phi) is 4.46. The van der Waals surface area contributed by atoms with Gasteiger partial charge in [0.25, 0.3) is 10.2 Å². The Balaban J connectivity index is 2.02. The Hall–Kier alpha value is -0.980. The van der Waals surface area contributed by atoms with Crippen molar-refractivity contribution in [3.05, 3.63) is 35.1 Å². The van der Waals surface area contributed by atoms with Crippen LogP contribution in [0.25, 0.3) is 0 Å². The molecule has 1 fully saturated rings. The number of hydrogen-bond donors (Lipinski definition) is 0. The van der Waals surface area contributed by atoms with Crippen LogP contribution in [0.4, 0.5) is 4.39 Å². The van der Waals surface area contributed by atoms with Crippen molar-refractivity contribution in [3.63, 3.8) is 0 Å². The summed E-state index contributed by atoms with van der Waals surface area (Å²) in [5.41, 5.74) is 1.70. The second-order valence-corrected chi connectivity index (χ2v) is 7.73. The first-order valence-corrected chi connectivity index (χ1v) is 8.13. The molecule has 1 atom stereocenters. The van der Waals surface area contributed by atoms with E-state index in [9.17, 15) is 12.8 Å². The predicted molar refractivity (Wildman–Crippen MR) is 77.1 cm³/mol. The molecule has 0 aromatic heterocycles. The summed E-state index contributed by atoms with van der Waals surface area (Å²) in [5, 5.41) is 0. The maximum atomic E-state index is 13.2. The lowest BCUT2D eigenvalue weighted by molar-refractivity contribution is 0.409. The predicted octanol–water partition coefficient (Wildman–Crippen LogP) is 1.80. The van der Waals surface area contributed by atoms with Crippen LogP contribution in [-0.2, 0) is 16.6 Å². The molecule has 20 heavy (non-hydrogen) atoms. The molecule has 112 valence electrons. The maximum Gasteiger partial charge on any atom is 0.281 e. The third-order valence-corrected chi connectivity index (χ3v) is 5.69. The van der Waals surface area contributed by atoms with Gasteiger partial charge < -0.3 is 0 Å². The summed E-state index contributed by atoms with van der Waals surface area (Å²) < 4.78 is 40.1. The van der Waals surface area contributed by atoms with E-state index in [2.05, 4.69) is 0 Å². The molecule has 0 saturated carbocycles. The van der Waals surface area contributed by atoms with Crippen LogP contribution >= 0.6 is 0 Å². The van der Waals surface area contributed by atoms with E-state index in [0.29, 0.717) is 24.6 Å². The Labute approximate surface area is 120 Å². The normalized spacial score (nSPS) is 20.8. The van der Waals surface area contributed by atoms with Crippen LogP contribution in [0.15, 0.2) is 18.2 Å². The van der Waals surface area contributed by atoms with E-state index in [1.54, 1.807) is 27.1 Å². The highest BCUT2D eigenvalue weighted by Gasteiger charge is 2.32. The second-order valence-electron chi connectivity index (χ2n) is 5.59. The van der Waals surface area contributed by atoms with Crippen molar-refractivity contribution >= 4 is 10.2 Å². The van der Waals surface area contributed by atoms with Crippen molar-refractivity contribution in [2.24, 2.45) is 5.92 Å². The summed E-state index contributed by atoms with van der Waals surface area (Å²) in [6.45, 7) is 2.85. The van der Waals surface area contributed by atoms with Crippen LogP contribution in [0, 0.1) is 18.7 Å². The fourth-order valence-electron chi connectivity index (χ4n) is 2.57.